The lowest BCUT2D eigenvalue weighted by Crippen LogP contribution is -2.38. The van der Waals surface area contributed by atoms with Gasteiger partial charge in [0.05, 0.1) is 31.3 Å². The second-order valence-electron chi connectivity index (χ2n) is 6.98. The molecule has 0 unspecified atom stereocenters. The molecule has 3 aromatic rings. The number of pyridine rings is 1. The molecule has 2 aromatic heterocycles. The van der Waals surface area contributed by atoms with Crippen LogP contribution in [0.2, 0.25) is 0 Å². The second kappa shape index (κ2) is 8.54. The summed E-state index contributed by atoms with van der Waals surface area (Å²) >= 11 is 0. The Balaban J connectivity index is 1.47. The van der Waals surface area contributed by atoms with E-state index in [9.17, 15) is 0 Å². The molecule has 1 aromatic carbocycles. The minimum absolute atomic E-state index is 0.0202. The molecule has 146 valence electrons. The zero-order valence-electron chi connectivity index (χ0n) is 16.4. The van der Waals surface area contributed by atoms with Crippen molar-refractivity contribution in [3.8, 4) is 17.0 Å². The minimum Gasteiger partial charge on any atom is -0.497 e. The lowest BCUT2D eigenvalue weighted by Gasteiger charge is -2.32. The molecule has 1 fully saturated rings. The Bertz CT molecular complexity index is 907. The maximum atomic E-state index is 6.04. The highest BCUT2D eigenvalue weighted by molar-refractivity contribution is 5.60. The Morgan fingerprint density at radius 1 is 1.18 bits per heavy atom. The lowest BCUT2D eigenvalue weighted by atomic mass is 10.1. The summed E-state index contributed by atoms with van der Waals surface area (Å²) in [6.45, 7) is 6.35. The molecule has 0 radical (unpaired) electrons. The van der Waals surface area contributed by atoms with Crippen molar-refractivity contribution in [2.75, 3.05) is 26.8 Å². The summed E-state index contributed by atoms with van der Waals surface area (Å²) in [6.07, 6.45) is 4.05. The summed E-state index contributed by atoms with van der Waals surface area (Å²) < 4.78 is 13.2. The summed E-state index contributed by atoms with van der Waals surface area (Å²) in [5, 5.41) is 4.37. The Morgan fingerprint density at radius 2 is 2.04 bits per heavy atom. The van der Waals surface area contributed by atoms with E-state index in [2.05, 4.69) is 35.3 Å². The van der Waals surface area contributed by atoms with Gasteiger partial charge in [0.2, 0.25) is 0 Å². The van der Waals surface area contributed by atoms with E-state index < -0.39 is 0 Å². The maximum absolute atomic E-state index is 6.04. The first-order valence-corrected chi connectivity index (χ1v) is 9.72. The SMILES string of the molecule is CCn1cc(CN2CCO[C@@H](c3cccc(-c4ccc(OC)cc4)n3)C2)cn1. The van der Waals surface area contributed by atoms with E-state index in [1.165, 1.54) is 5.56 Å². The molecule has 0 spiro atoms. The normalized spacial score (nSPS) is 17.6. The highest BCUT2D eigenvalue weighted by Gasteiger charge is 2.23. The third-order valence-electron chi connectivity index (χ3n) is 5.05. The summed E-state index contributed by atoms with van der Waals surface area (Å²) in [7, 11) is 1.67. The number of aryl methyl sites for hydroxylation is 1. The van der Waals surface area contributed by atoms with Gasteiger partial charge in [-0.05, 0) is 43.3 Å². The van der Waals surface area contributed by atoms with Crippen LogP contribution in [0.4, 0.5) is 0 Å². The first-order valence-electron chi connectivity index (χ1n) is 9.72. The number of methoxy groups -OCH3 is 1. The smallest absolute Gasteiger partial charge is 0.118 e. The second-order valence-corrected chi connectivity index (χ2v) is 6.98. The molecule has 0 bridgehead atoms. The molecule has 0 amide bonds. The first-order chi connectivity index (χ1) is 13.7. The average Bonchev–Trinajstić information content (AvgIpc) is 3.21. The van der Waals surface area contributed by atoms with Crippen molar-refractivity contribution in [2.45, 2.75) is 26.1 Å². The van der Waals surface area contributed by atoms with Crippen LogP contribution < -0.4 is 4.74 Å². The largest absolute Gasteiger partial charge is 0.497 e. The Labute approximate surface area is 165 Å². The van der Waals surface area contributed by atoms with Crippen molar-refractivity contribution in [2.24, 2.45) is 0 Å². The number of benzene rings is 1. The molecule has 0 N–H and O–H groups in total. The number of ether oxygens (including phenoxy) is 2. The molecular weight excluding hydrogens is 352 g/mol. The third-order valence-corrected chi connectivity index (χ3v) is 5.05. The first kappa shape index (κ1) is 18.7. The van der Waals surface area contributed by atoms with Crippen LogP contribution in [0.3, 0.4) is 0 Å². The number of nitrogens with zero attached hydrogens (tertiary/aromatic N) is 4. The van der Waals surface area contributed by atoms with Gasteiger partial charge in [-0.25, -0.2) is 0 Å². The molecular formula is C22H26N4O2. The number of aromatic nitrogens is 3. The molecule has 28 heavy (non-hydrogen) atoms. The van der Waals surface area contributed by atoms with Gasteiger partial charge >= 0.3 is 0 Å². The Morgan fingerprint density at radius 3 is 2.79 bits per heavy atom. The van der Waals surface area contributed by atoms with E-state index >= 15 is 0 Å². The fourth-order valence-corrected chi connectivity index (χ4v) is 3.50. The fraction of sp³-hybridized carbons (Fsp3) is 0.364. The van der Waals surface area contributed by atoms with E-state index in [0.717, 1.165) is 48.9 Å². The van der Waals surface area contributed by atoms with Gasteiger partial charge in [0.15, 0.2) is 0 Å². The summed E-state index contributed by atoms with van der Waals surface area (Å²) in [6, 6.07) is 14.1. The van der Waals surface area contributed by atoms with Crippen LogP contribution in [0.1, 0.15) is 24.3 Å². The highest BCUT2D eigenvalue weighted by atomic mass is 16.5. The number of rotatable bonds is 6. The molecule has 4 rings (SSSR count). The van der Waals surface area contributed by atoms with E-state index in [-0.39, 0.29) is 6.10 Å². The van der Waals surface area contributed by atoms with Crippen LogP contribution in [-0.4, -0.2) is 46.5 Å². The fourth-order valence-electron chi connectivity index (χ4n) is 3.50. The summed E-state index contributed by atoms with van der Waals surface area (Å²) in [5.74, 6) is 0.845. The summed E-state index contributed by atoms with van der Waals surface area (Å²) in [5.41, 5.74) is 4.23. The van der Waals surface area contributed by atoms with Crippen LogP contribution in [0, 0.1) is 0 Å². The molecule has 0 saturated carbocycles. The standard InChI is InChI=1S/C22H26N4O2/c1-3-26-15-17(13-23-26)14-25-11-12-28-22(16-25)21-6-4-5-20(24-21)18-7-9-19(27-2)10-8-18/h4-10,13,15,22H,3,11-12,14,16H2,1-2H3/t22-/m1/s1. The number of hydrogen-bond acceptors (Lipinski definition) is 5. The van der Waals surface area contributed by atoms with Crippen LogP contribution in [0.5, 0.6) is 5.75 Å². The monoisotopic (exact) mass is 378 g/mol. The van der Waals surface area contributed by atoms with E-state index in [4.69, 9.17) is 14.5 Å². The zero-order valence-corrected chi connectivity index (χ0v) is 16.4. The predicted molar refractivity (Wildman–Crippen MR) is 108 cm³/mol. The van der Waals surface area contributed by atoms with Gasteiger partial charge in [0, 0.05) is 43.5 Å². The van der Waals surface area contributed by atoms with Crippen LogP contribution in [0.15, 0.2) is 54.9 Å². The van der Waals surface area contributed by atoms with Crippen LogP contribution >= 0.6 is 0 Å². The van der Waals surface area contributed by atoms with Crippen molar-refractivity contribution >= 4 is 0 Å². The maximum Gasteiger partial charge on any atom is 0.118 e. The molecule has 1 aliphatic rings. The third kappa shape index (κ3) is 4.24. The zero-order chi connectivity index (χ0) is 19.3. The summed E-state index contributed by atoms with van der Waals surface area (Å²) in [4.78, 5) is 7.28. The molecule has 6 heteroatoms. The molecule has 1 aliphatic heterocycles. The lowest BCUT2D eigenvalue weighted by molar-refractivity contribution is -0.0349. The van der Waals surface area contributed by atoms with Gasteiger partial charge in [-0.15, -0.1) is 0 Å². The van der Waals surface area contributed by atoms with Gasteiger partial charge in [-0.3, -0.25) is 14.6 Å². The van der Waals surface area contributed by atoms with Gasteiger partial charge in [0.25, 0.3) is 0 Å². The molecule has 1 atom stereocenters. The Hall–Kier alpha value is -2.70. The molecule has 3 heterocycles. The van der Waals surface area contributed by atoms with Gasteiger partial charge in [-0.2, -0.15) is 5.10 Å². The van der Waals surface area contributed by atoms with E-state index in [1.54, 1.807) is 7.11 Å². The topological polar surface area (TPSA) is 52.4 Å². The molecule has 6 nitrogen and oxygen atoms in total. The minimum atomic E-state index is -0.0202. The molecule has 0 aliphatic carbocycles. The van der Waals surface area contributed by atoms with Gasteiger partial charge < -0.3 is 9.47 Å². The van der Waals surface area contributed by atoms with Crippen molar-refractivity contribution < 1.29 is 9.47 Å². The van der Waals surface area contributed by atoms with Crippen LogP contribution in [-0.2, 0) is 17.8 Å². The average molecular weight is 378 g/mol. The van der Waals surface area contributed by atoms with E-state index in [1.807, 2.05) is 41.2 Å². The predicted octanol–water partition coefficient (Wildman–Crippen LogP) is 3.55. The van der Waals surface area contributed by atoms with Gasteiger partial charge in [0.1, 0.15) is 11.9 Å². The quantitative estimate of drug-likeness (QED) is 0.657. The van der Waals surface area contributed by atoms with Crippen molar-refractivity contribution in [1.29, 1.82) is 0 Å². The van der Waals surface area contributed by atoms with Crippen molar-refractivity contribution in [3.05, 3.63) is 66.1 Å². The number of morpholine rings is 1. The number of hydrogen-bond donors (Lipinski definition) is 0. The molecule has 1 saturated heterocycles. The van der Waals surface area contributed by atoms with E-state index in [0.29, 0.717) is 6.61 Å². The van der Waals surface area contributed by atoms with Crippen molar-refractivity contribution in [3.63, 3.8) is 0 Å². The highest BCUT2D eigenvalue weighted by Crippen LogP contribution is 2.26. The Kier molecular flexibility index (Phi) is 5.69. The van der Waals surface area contributed by atoms with Gasteiger partial charge in [-0.1, -0.05) is 6.07 Å². The van der Waals surface area contributed by atoms with Crippen LogP contribution in [0.25, 0.3) is 11.3 Å². The van der Waals surface area contributed by atoms with Crippen molar-refractivity contribution in [1.82, 2.24) is 19.7 Å².